The molecular formula is C50H98NO8P. The van der Waals surface area contributed by atoms with Gasteiger partial charge in [0.25, 0.3) is 7.82 Å². The number of phosphoric ester groups is 1. The molecule has 0 aromatic rings. The Kier molecular flexibility index (Phi) is 42.1. The predicted octanol–water partition coefficient (Wildman–Crippen LogP) is 14.3. The summed E-state index contributed by atoms with van der Waals surface area (Å²) in [5.41, 5.74) is 0. The van der Waals surface area contributed by atoms with E-state index in [4.69, 9.17) is 18.5 Å². The van der Waals surface area contributed by atoms with E-state index in [9.17, 15) is 19.0 Å². The van der Waals surface area contributed by atoms with Crippen LogP contribution in [0.4, 0.5) is 0 Å². The highest BCUT2D eigenvalue weighted by Gasteiger charge is 2.21. The molecule has 0 saturated heterocycles. The Hall–Kier alpha value is -1.25. The third-order valence-electron chi connectivity index (χ3n) is 11.3. The van der Waals surface area contributed by atoms with E-state index in [2.05, 4.69) is 26.0 Å². The highest BCUT2D eigenvalue weighted by molar-refractivity contribution is 7.45. The van der Waals surface area contributed by atoms with Gasteiger partial charge in [0.05, 0.1) is 27.7 Å². The minimum atomic E-state index is -4.62. The maximum atomic E-state index is 12.7. The van der Waals surface area contributed by atoms with Crippen molar-refractivity contribution in [1.82, 2.24) is 0 Å². The first-order valence-electron chi connectivity index (χ1n) is 25.4. The Morgan fingerprint density at radius 3 is 1.25 bits per heavy atom. The summed E-state index contributed by atoms with van der Waals surface area (Å²) in [4.78, 5) is 37.7. The zero-order valence-electron chi connectivity index (χ0n) is 40.2. The van der Waals surface area contributed by atoms with Crippen molar-refractivity contribution in [2.45, 2.75) is 251 Å². The molecule has 0 N–H and O–H groups in total. The Morgan fingerprint density at radius 1 is 0.500 bits per heavy atom. The van der Waals surface area contributed by atoms with Crippen LogP contribution in [0.1, 0.15) is 245 Å². The van der Waals surface area contributed by atoms with Crippen LogP contribution >= 0.6 is 7.82 Å². The molecule has 2 atom stereocenters. The van der Waals surface area contributed by atoms with Gasteiger partial charge in [-0.05, 0) is 38.5 Å². The summed E-state index contributed by atoms with van der Waals surface area (Å²) in [5.74, 6) is -0.822. The third kappa shape index (κ3) is 46.3. The lowest BCUT2D eigenvalue weighted by molar-refractivity contribution is -0.870. The summed E-state index contributed by atoms with van der Waals surface area (Å²) in [7, 11) is 1.18. The monoisotopic (exact) mass is 872 g/mol. The molecule has 0 heterocycles. The van der Waals surface area contributed by atoms with E-state index in [1.54, 1.807) is 0 Å². The molecule has 0 aliphatic carbocycles. The SMILES string of the molecule is CCCCCC/C=C\CCCCCCCCCCCC(=O)OC[C@H](COP(=O)([O-])OCC[N+](C)(C)C)OC(=O)CCCCCCCCCCCCCCCCCCCCC. The van der Waals surface area contributed by atoms with Crippen LogP contribution in [0.2, 0.25) is 0 Å². The number of hydrogen-bond donors (Lipinski definition) is 0. The van der Waals surface area contributed by atoms with Gasteiger partial charge >= 0.3 is 11.9 Å². The summed E-state index contributed by atoms with van der Waals surface area (Å²) >= 11 is 0. The number of phosphoric acid groups is 1. The van der Waals surface area contributed by atoms with Gasteiger partial charge in [0, 0.05) is 12.8 Å². The quantitative estimate of drug-likeness (QED) is 0.0195. The van der Waals surface area contributed by atoms with Crippen molar-refractivity contribution in [2.75, 3.05) is 47.5 Å². The van der Waals surface area contributed by atoms with Crippen molar-refractivity contribution in [1.29, 1.82) is 0 Å². The normalized spacial score (nSPS) is 13.5. The molecule has 0 aliphatic heterocycles. The number of allylic oxidation sites excluding steroid dienone is 2. The van der Waals surface area contributed by atoms with Crippen LogP contribution < -0.4 is 4.89 Å². The van der Waals surface area contributed by atoms with Crippen molar-refractivity contribution < 1.29 is 42.1 Å². The van der Waals surface area contributed by atoms with E-state index in [-0.39, 0.29) is 32.0 Å². The number of rotatable bonds is 47. The summed E-state index contributed by atoms with van der Waals surface area (Å²) in [5, 5.41) is 0. The molecule has 0 aliphatic rings. The minimum Gasteiger partial charge on any atom is -0.756 e. The lowest BCUT2D eigenvalue weighted by Gasteiger charge is -2.28. The zero-order valence-corrected chi connectivity index (χ0v) is 41.1. The number of esters is 2. The molecule has 0 aromatic heterocycles. The highest BCUT2D eigenvalue weighted by Crippen LogP contribution is 2.38. The van der Waals surface area contributed by atoms with E-state index in [0.29, 0.717) is 17.4 Å². The lowest BCUT2D eigenvalue weighted by Crippen LogP contribution is -2.37. The van der Waals surface area contributed by atoms with Crippen molar-refractivity contribution in [3.8, 4) is 0 Å². The molecule has 0 spiro atoms. The van der Waals surface area contributed by atoms with Gasteiger partial charge in [0.2, 0.25) is 0 Å². The Balaban J connectivity index is 4.23. The minimum absolute atomic E-state index is 0.0275. The van der Waals surface area contributed by atoms with E-state index in [1.807, 2.05) is 21.1 Å². The number of quaternary nitrogens is 1. The fraction of sp³-hybridized carbons (Fsp3) is 0.920. The first-order chi connectivity index (χ1) is 29.0. The largest absolute Gasteiger partial charge is 0.756 e. The van der Waals surface area contributed by atoms with Crippen molar-refractivity contribution in [3.63, 3.8) is 0 Å². The number of unbranched alkanes of at least 4 members (excludes halogenated alkanes) is 31. The van der Waals surface area contributed by atoms with Crippen LogP contribution in [0.5, 0.6) is 0 Å². The van der Waals surface area contributed by atoms with Gasteiger partial charge in [0.1, 0.15) is 19.8 Å². The van der Waals surface area contributed by atoms with Gasteiger partial charge < -0.3 is 27.9 Å². The Morgan fingerprint density at radius 2 is 0.850 bits per heavy atom. The van der Waals surface area contributed by atoms with Crippen LogP contribution in [0, 0.1) is 0 Å². The van der Waals surface area contributed by atoms with E-state index < -0.39 is 26.5 Å². The molecule has 0 bridgehead atoms. The summed E-state index contributed by atoms with van der Waals surface area (Å²) in [6, 6.07) is 0. The predicted molar refractivity (Wildman–Crippen MR) is 250 cm³/mol. The first kappa shape index (κ1) is 58.8. The second-order valence-electron chi connectivity index (χ2n) is 18.5. The average molecular weight is 872 g/mol. The van der Waals surface area contributed by atoms with Gasteiger partial charge in [-0.3, -0.25) is 14.2 Å². The number of ether oxygens (including phenoxy) is 2. The molecule has 0 saturated carbocycles. The summed E-state index contributed by atoms with van der Waals surface area (Å²) < 4.78 is 34.0. The number of carbonyl (C=O) groups is 2. The molecule has 9 nitrogen and oxygen atoms in total. The van der Waals surface area contributed by atoms with Crippen molar-refractivity contribution >= 4 is 19.8 Å². The average Bonchev–Trinajstić information content (AvgIpc) is 3.20. The van der Waals surface area contributed by atoms with Gasteiger partial charge in [-0.1, -0.05) is 206 Å². The van der Waals surface area contributed by atoms with Gasteiger partial charge in [-0.15, -0.1) is 0 Å². The lowest BCUT2D eigenvalue weighted by atomic mass is 10.0. The molecule has 0 aromatic carbocycles. The Labute approximate surface area is 371 Å². The molecule has 10 heteroatoms. The number of carbonyl (C=O) groups excluding carboxylic acids is 2. The topological polar surface area (TPSA) is 111 Å². The van der Waals surface area contributed by atoms with E-state index in [0.717, 1.165) is 32.1 Å². The molecule has 0 fully saturated rings. The molecular weight excluding hydrogens is 774 g/mol. The van der Waals surface area contributed by atoms with Crippen LogP contribution in [-0.2, 0) is 32.7 Å². The van der Waals surface area contributed by atoms with Crippen molar-refractivity contribution in [2.24, 2.45) is 0 Å². The summed E-state index contributed by atoms with van der Waals surface area (Å²) in [6.45, 7) is 4.26. The number of nitrogens with zero attached hydrogens (tertiary/aromatic N) is 1. The highest BCUT2D eigenvalue weighted by atomic mass is 31.2. The molecule has 0 radical (unpaired) electrons. The fourth-order valence-corrected chi connectivity index (χ4v) is 8.03. The second-order valence-corrected chi connectivity index (χ2v) is 20.0. The second kappa shape index (κ2) is 43.0. The van der Waals surface area contributed by atoms with E-state index in [1.165, 1.54) is 180 Å². The molecule has 0 rings (SSSR count). The first-order valence-corrected chi connectivity index (χ1v) is 26.9. The number of likely N-dealkylation sites (N-methyl/N-ethyl adjacent to an activating group) is 1. The van der Waals surface area contributed by atoms with Crippen LogP contribution in [-0.4, -0.2) is 70.0 Å². The van der Waals surface area contributed by atoms with Crippen LogP contribution in [0.15, 0.2) is 12.2 Å². The van der Waals surface area contributed by atoms with E-state index >= 15 is 0 Å². The van der Waals surface area contributed by atoms with Gasteiger partial charge in [0.15, 0.2) is 6.10 Å². The maximum absolute atomic E-state index is 12.7. The molecule has 1 unspecified atom stereocenters. The molecule has 0 amide bonds. The third-order valence-corrected chi connectivity index (χ3v) is 12.2. The van der Waals surface area contributed by atoms with Crippen molar-refractivity contribution in [3.05, 3.63) is 12.2 Å². The smallest absolute Gasteiger partial charge is 0.306 e. The summed E-state index contributed by atoms with van der Waals surface area (Å²) in [6.07, 6.45) is 46.6. The van der Waals surface area contributed by atoms with Crippen LogP contribution in [0.3, 0.4) is 0 Å². The zero-order chi connectivity index (χ0) is 44.3. The van der Waals surface area contributed by atoms with Crippen LogP contribution in [0.25, 0.3) is 0 Å². The molecule has 60 heavy (non-hydrogen) atoms. The fourth-order valence-electron chi connectivity index (χ4n) is 7.30. The van der Waals surface area contributed by atoms with Gasteiger partial charge in [-0.25, -0.2) is 0 Å². The molecule has 356 valence electrons. The number of hydrogen-bond acceptors (Lipinski definition) is 8. The Bertz CT molecular complexity index is 1030. The van der Waals surface area contributed by atoms with Gasteiger partial charge in [-0.2, -0.15) is 0 Å². The standard InChI is InChI=1S/C50H98NO8P/c1-6-8-10-12-14-16-18-20-22-24-25-27-29-31-33-35-37-39-41-43-50(53)59-48(47-58-60(54,55)57-45-44-51(3,4)5)46-56-49(52)42-40-38-36-34-32-30-28-26-23-21-19-17-15-13-11-9-7-2/h17,19,48H,6-16,18,20-47H2,1-5H3/b19-17-/t48-/m1/s1. The maximum Gasteiger partial charge on any atom is 0.306 e.